The number of fused-ring (bicyclic) bond motifs is 1. The van der Waals surface area contributed by atoms with Gasteiger partial charge in [-0.3, -0.25) is 4.90 Å². The predicted molar refractivity (Wildman–Crippen MR) is 82.7 cm³/mol. The number of oxazole rings is 1. The molecule has 0 unspecified atom stereocenters. The first kappa shape index (κ1) is 13.5. The lowest BCUT2D eigenvalue weighted by Gasteiger charge is -2.20. The molecule has 4 heteroatoms. The molecule has 0 atom stereocenters. The van der Waals surface area contributed by atoms with Crippen molar-refractivity contribution in [1.29, 1.82) is 0 Å². The highest BCUT2D eigenvalue weighted by Crippen LogP contribution is 2.30. The average molecular weight is 296 g/mol. The minimum Gasteiger partial charge on any atom is -0.439 e. The van der Waals surface area contributed by atoms with Gasteiger partial charge < -0.3 is 4.42 Å². The van der Waals surface area contributed by atoms with Gasteiger partial charge in [-0.2, -0.15) is 0 Å². The maximum Gasteiger partial charge on any atom is 0.209 e. The fourth-order valence-electron chi connectivity index (χ4n) is 2.76. The van der Waals surface area contributed by atoms with E-state index in [9.17, 15) is 4.39 Å². The molecule has 0 aliphatic heterocycles. The molecule has 1 heterocycles. The molecule has 0 N–H and O–H groups in total. The van der Waals surface area contributed by atoms with Crippen molar-refractivity contribution >= 4 is 11.1 Å². The van der Waals surface area contributed by atoms with E-state index in [1.165, 1.54) is 6.07 Å². The summed E-state index contributed by atoms with van der Waals surface area (Å²) in [7, 11) is 0. The molecule has 1 fully saturated rings. The number of nitrogens with zero attached hydrogens (tertiary/aromatic N) is 2. The Morgan fingerprint density at radius 3 is 2.59 bits per heavy atom. The number of para-hydroxylation sites is 2. The summed E-state index contributed by atoms with van der Waals surface area (Å²) in [6, 6.07) is 15.2. The minimum absolute atomic E-state index is 0.147. The summed E-state index contributed by atoms with van der Waals surface area (Å²) in [4.78, 5) is 6.78. The summed E-state index contributed by atoms with van der Waals surface area (Å²) in [6.07, 6.45) is 2.32. The van der Waals surface area contributed by atoms with Gasteiger partial charge in [0.05, 0.1) is 6.54 Å². The van der Waals surface area contributed by atoms with Gasteiger partial charge in [0.25, 0.3) is 0 Å². The molecule has 1 aliphatic carbocycles. The Balaban J connectivity index is 1.56. The van der Waals surface area contributed by atoms with Gasteiger partial charge in [0.1, 0.15) is 11.3 Å². The molecule has 1 aromatic heterocycles. The van der Waals surface area contributed by atoms with E-state index in [2.05, 4.69) is 9.88 Å². The second-order valence-corrected chi connectivity index (χ2v) is 5.80. The molecule has 0 bridgehead atoms. The van der Waals surface area contributed by atoms with E-state index in [0.29, 0.717) is 25.0 Å². The van der Waals surface area contributed by atoms with Crippen LogP contribution in [-0.2, 0) is 13.1 Å². The number of benzene rings is 2. The van der Waals surface area contributed by atoms with Crippen LogP contribution in [0.4, 0.5) is 4.39 Å². The van der Waals surface area contributed by atoms with Gasteiger partial charge in [0.2, 0.25) is 5.89 Å². The Hall–Kier alpha value is -2.20. The SMILES string of the molecule is Fc1ccccc1CN(Cc1nc2ccccc2o1)C1CC1. The molecule has 0 amide bonds. The van der Waals surface area contributed by atoms with Crippen molar-refractivity contribution in [3.05, 3.63) is 65.8 Å². The number of rotatable bonds is 5. The lowest BCUT2D eigenvalue weighted by molar-refractivity contribution is 0.220. The van der Waals surface area contributed by atoms with Crippen LogP contribution < -0.4 is 0 Å². The van der Waals surface area contributed by atoms with Crippen LogP contribution in [0.1, 0.15) is 24.3 Å². The zero-order valence-electron chi connectivity index (χ0n) is 12.2. The second-order valence-electron chi connectivity index (χ2n) is 5.80. The lowest BCUT2D eigenvalue weighted by atomic mass is 10.2. The Bertz CT molecular complexity index is 761. The van der Waals surface area contributed by atoms with Gasteiger partial charge in [-0.15, -0.1) is 0 Å². The van der Waals surface area contributed by atoms with Crippen molar-refractivity contribution in [2.45, 2.75) is 32.0 Å². The highest BCUT2D eigenvalue weighted by atomic mass is 19.1. The number of halogens is 1. The van der Waals surface area contributed by atoms with E-state index in [0.717, 1.165) is 29.5 Å². The minimum atomic E-state index is -0.147. The first-order valence-electron chi connectivity index (χ1n) is 7.61. The van der Waals surface area contributed by atoms with E-state index in [-0.39, 0.29) is 5.82 Å². The van der Waals surface area contributed by atoms with Crippen molar-refractivity contribution in [2.75, 3.05) is 0 Å². The topological polar surface area (TPSA) is 29.3 Å². The highest BCUT2D eigenvalue weighted by molar-refractivity contribution is 5.72. The molecular formula is C18H17FN2O. The third kappa shape index (κ3) is 2.74. The summed E-state index contributed by atoms with van der Waals surface area (Å²) < 4.78 is 19.7. The summed E-state index contributed by atoms with van der Waals surface area (Å²) in [6.45, 7) is 1.21. The van der Waals surface area contributed by atoms with Gasteiger partial charge in [-0.05, 0) is 31.0 Å². The molecule has 1 saturated carbocycles. The maximum absolute atomic E-state index is 13.9. The van der Waals surface area contributed by atoms with Crippen molar-refractivity contribution in [3.63, 3.8) is 0 Å². The summed E-state index contributed by atoms with van der Waals surface area (Å²) >= 11 is 0. The van der Waals surface area contributed by atoms with Gasteiger partial charge in [-0.25, -0.2) is 9.37 Å². The number of hydrogen-bond donors (Lipinski definition) is 0. The Morgan fingerprint density at radius 1 is 1.05 bits per heavy atom. The summed E-state index contributed by atoms with van der Waals surface area (Å²) in [5.41, 5.74) is 2.41. The Labute approximate surface area is 128 Å². The predicted octanol–water partition coefficient (Wildman–Crippen LogP) is 4.13. The van der Waals surface area contributed by atoms with Crippen molar-refractivity contribution in [2.24, 2.45) is 0 Å². The van der Waals surface area contributed by atoms with E-state index < -0.39 is 0 Å². The number of aromatic nitrogens is 1. The first-order valence-corrected chi connectivity index (χ1v) is 7.61. The van der Waals surface area contributed by atoms with E-state index in [4.69, 9.17) is 4.42 Å². The fourth-order valence-corrected chi connectivity index (χ4v) is 2.76. The zero-order chi connectivity index (χ0) is 14.9. The summed E-state index contributed by atoms with van der Waals surface area (Å²) in [5, 5.41) is 0. The van der Waals surface area contributed by atoms with Crippen LogP contribution in [0.15, 0.2) is 52.9 Å². The normalized spacial score (nSPS) is 14.8. The quantitative estimate of drug-likeness (QED) is 0.709. The van der Waals surface area contributed by atoms with Gasteiger partial charge in [0.15, 0.2) is 5.58 Å². The molecule has 0 saturated heterocycles. The highest BCUT2D eigenvalue weighted by Gasteiger charge is 2.30. The lowest BCUT2D eigenvalue weighted by Crippen LogP contribution is -2.25. The molecule has 3 aromatic rings. The third-order valence-electron chi connectivity index (χ3n) is 4.07. The molecule has 0 radical (unpaired) electrons. The summed E-state index contributed by atoms with van der Waals surface area (Å²) in [5.74, 6) is 0.551. The van der Waals surface area contributed by atoms with Crippen LogP contribution in [0.3, 0.4) is 0 Å². The standard InChI is InChI=1S/C18H17FN2O/c19-15-6-2-1-5-13(15)11-21(14-9-10-14)12-18-20-16-7-3-4-8-17(16)22-18/h1-8,14H,9-12H2. The smallest absolute Gasteiger partial charge is 0.209 e. The molecule has 2 aromatic carbocycles. The number of hydrogen-bond acceptors (Lipinski definition) is 3. The Kier molecular flexibility index (Phi) is 3.39. The molecule has 3 nitrogen and oxygen atoms in total. The van der Waals surface area contributed by atoms with E-state index in [1.807, 2.05) is 36.4 Å². The fraction of sp³-hybridized carbons (Fsp3) is 0.278. The van der Waals surface area contributed by atoms with Crippen molar-refractivity contribution in [1.82, 2.24) is 9.88 Å². The van der Waals surface area contributed by atoms with Crippen molar-refractivity contribution in [3.8, 4) is 0 Å². The molecule has 1 aliphatic rings. The average Bonchev–Trinajstić information content (AvgIpc) is 3.29. The van der Waals surface area contributed by atoms with Crippen LogP contribution in [0, 0.1) is 5.82 Å². The molecule has 4 rings (SSSR count). The van der Waals surface area contributed by atoms with Crippen LogP contribution in [0.2, 0.25) is 0 Å². The second kappa shape index (κ2) is 5.54. The maximum atomic E-state index is 13.9. The van der Waals surface area contributed by atoms with Gasteiger partial charge in [0, 0.05) is 18.2 Å². The van der Waals surface area contributed by atoms with Crippen LogP contribution in [0.25, 0.3) is 11.1 Å². The van der Waals surface area contributed by atoms with Crippen LogP contribution >= 0.6 is 0 Å². The molecular weight excluding hydrogens is 279 g/mol. The first-order chi connectivity index (χ1) is 10.8. The van der Waals surface area contributed by atoms with Gasteiger partial charge >= 0.3 is 0 Å². The largest absolute Gasteiger partial charge is 0.439 e. The monoisotopic (exact) mass is 296 g/mol. The molecule has 112 valence electrons. The molecule has 22 heavy (non-hydrogen) atoms. The van der Waals surface area contributed by atoms with Crippen LogP contribution in [-0.4, -0.2) is 15.9 Å². The van der Waals surface area contributed by atoms with E-state index in [1.54, 1.807) is 6.07 Å². The van der Waals surface area contributed by atoms with Gasteiger partial charge in [-0.1, -0.05) is 30.3 Å². The third-order valence-corrected chi connectivity index (χ3v) is 4.07. The zero-order valence-corrected chi connectivity index (χ0v) is 12.2. The molecule has 0 spiro atoms. The Morgan fingerprint density at radius 2 is 1.82 bits per heavy atom. The van der Waals surface area contributed by atoms with E-state index >= 15 is 0 Å². The van der Waals surface area contributed by atoms with Crippen molar-refractivity contribution < 1.29 is 8.81 Å². The van der Waals surface area contributed by atoms with Crippen LogP contribution in [0.5, 0.6) is 0 Å².